The Morgan fingerprint density at radius 1 is 1.30 bits per heavy atom. The fourth-order valence-electron chi connectivity index (χ4n) is 1.10. The van der Waals surface area contributed by atoms with Gasteiger partial charge in [-0.15, -0.1) is 0 Å². The zero-order valence-corrected chi connectivity index (χ0v) is 7.09. The molecule has 10 heavy (non-hydrogen) atoms. The summed E-state index contributed by atoms with van der Waals surface area (Å²) in [5, 5.41) is 8.67. The number of hydrogen-bond acceptors (Lipinski definition) is 2. The van der Waals surface area contributed by atoms with Crippen molar-refractivity contribution >= 4 is 0 Å². The Morgan fingerprint density at radius 3 is 1.90 bits per heavy atom. The molecule has 0 heterocycles. The third kappa shape index (κ3) is 2.36. The van der Waals surface area contributed by atoms with Gasteiger partial charge in [0, 0.05) is 0 Å². The van der Waals surface area contributed by atoms with Gasteiger partial charge in [-0.1, -0.05) is 20.8 Å². The Kier molecular flexibility index (Phi) is 4.96. The van der Waals surface area contributed by atoms with E-state index in [9.17, 15) is 0 Å². The van der Waals surface area contributed by atoms with E-state index in [-0.39, 0.29) is 6.04 Å². The molecule has 0 aliphatic carbocycles. The molecule has 0 aliphatic heterocycles. The standard InChI is InChI=1S/C8H16N2/c1-4-8(7-9)10(5-2)6-3/h8H,4-6H2,1-3H3/t8-/m0/s1. The lowest BCUT2D eigenvalue weighted by Crippen LogP contribution is -2.33. The molecule has 0 saturated heterocycles. The first kappa shape index (κ1) is 9.45. The summed E-state index contributed by atoms with van der Waals surface area (Å²) in [6.07, 6.45) is 0.929. The molecule has 0 unspecified atom stereocenters. The van der Waals surface area contributed by atoms with Crippen molar-refractivity contribution in [3.05, 3.63) is 0 Å². The second-order valence-corrected chi connectivity index (χ2v) is 2.27. The predicted molar refractivity (Wildman–Crippen MR) is 42.6 cm³/mol. The van der Waals surface area contributed by atoms with Crippen LogP contribution in [0, 0.1) is 11.3 Å². The van der Waals surface area contributed by atoms with Crippen LogP contribution in [-0.4, -0.2) is 24.0 Å². The summed E-state index contributed by atoms with van der Waals surface area (Å²) in [7, 11) is 0. The Balaban J connectivity index is 3.85. The fourth-order valence-corrected chi connectivity index (χ4v) is 1.10. The van der Waals surface area contributed by atoms with Crippen LogP contribution in [0.1, 0.15) is 27.2 Å². The number of rotatable bonds is 4. The molecule has 1 atom stereocenters. The van der Waals surface area contributed by atoms with E-state index in [1.807, 2.05) is 6.92 Å². The number of nitriles is 1. The first-order valence-electron chi connectivity index (χ1n) is 3.93. The molecule has 0 bridgehead atoms. The van der Waals surface area contributed by atoms with E-state index in [4.69, 9.17) is 5.26 Å². The molecule has 0 radical (unpaired) electrons. The summed E-state index contributed by atoms with van der Waals surface area (Å²) in [4.78, 5) is 2.17. The minimum atomic E-state index is 0.120. The quantitative estimate of drug-likeness (QED) is 0.593. The minimum Gasteiger partial charge on any atom is -0.289 e. The van der Waals surface area contributed by atoms with Crippen LogP contribution in [0.5, 0.6) is 0 Å². The van der Waals surface area contributed by atoms with Crippen LogP contribution in [0.25, 0.3) is 0 Å². The van der Waals surface area contributed by atoms with E-state index in [0.717, 1.165) is 19.5 Å². The lowest BCUT2D eigenvalue weighted by molar-refractivity contribution is 0.254. The molecular formula is C8H16N2. The van der Waals surface area contributed by atoms with Crippen LogP contribution in [0.4, 0.5) is 0 Å². The second kappa shape index (κ2) is 5.25. The SMILES string of the molecule is CC[C@@H](C#N)N(CC)CC. The van der Waals surface area contributed by atoms with Crippen molar-refractivity contribution < 1.29 is 0 Å². The van der Waals surface area contributed by atoms with Gasteiger partial charge < -0.3 is 0 Å². The normalized spacial score (nSPS) is 13.1. The highest BCUT2D eigenvalue weighted by atomic mass is 15.1. The molecule has 0 saturated carbocycles. The molecular weight excluding hydrogens is 124 g/mol. The van der Waals surface area contributed by atoms with Crippen molar-refractivity contribution in [3.8, 4) is 6.07 Å². The summed E-state index contributed by atoms with van der Waals surface area (Å²) in [5.74, 6) is 0. The average molecular weight is 140 g/mol. The van der Waals surface area contributed by atoms with Gasteiger partial charge in [0.05, 0.1) is 12.1 Å². The maximum absolute atomic E-state index is 8.67. The Morgan fingerprint density at radius 2 is 1.80 bits per heavy atom. The van der Waals surface area contributed by atoms with Crippen LogP contribution >= 0.6 is 0 Å². The van der Waals surface area contributed by atoms with Crippen molar-refractivity contribution in [2.24, 2.45) is 0 Å². The Labute approximate surface area is 63.4 Å². The first-order chi connectivity index (χ1) is 4.79. The molecule has 2 nitrogen and oxygen atoms in total. The van der Waals surface area contributed by atoms with E-state index in [0.29, 0.717) is 0 Å². The molecule has 0 amide bonds. The fraction of sp³-hybridized carbons (Fsp3) is 0.875. The number of nitrogens with zero attached hydrogens (tertiary/aromatic N) is 2. The zero-order valence-electron chi connectivity index (χ0n) is 7.09. The smallest absolute Gasteiger partial charge is 0.0975 e. The van der Waals surface area contributed by atoms with Crippen molar-refractivity contribution in [1.29, 1.82) is 5.26 Å². The van der Waals surface area contributed by atoms with Gasteiger partial charge in [0.15, 0.2) is 0 Å². The Bertz CT molecular complexity index is 111. The zero-order chi connectivity index (χ0) is 7.98. The highest BCUT2D eigenvalue weighted by Gasteiger charge is 2.10. The summed E-state index contributed by atoms with van der Waals surface area (Å²) in [6, 6.07) is 2.40. The van der Waals surface area contributed by atoms with Crippen molar-refractivity contribution in [1.82, 2.24) is 4.90 Å². The molecule has 2 heteroatoms. The van der Waals surface area contributed by atoms with E-state index < -0.39 is 0 Å². The molecule has 0 aromatic carbocycles. The molecule has 0 aromatic heterocycles. The molecule has 0 aliphatic rings. The average Bonchev–Trinajstić information content (AvgIpc) is 2.00. The van der Waals surface area contributed by atoms with E-state index in [2.05, 4.69) is 24.8 Å². The summed E-state index contributed by atoms with van der Waals surface area (Å²) >= 11 is 0. The first-order valence-corrected chi connectivity index (χ1v) is 3.93. The largest absolute Gasteiger partial charge is 0.289 e. The van der Waals surface area contributed by atoms with Gasteiger partial charge in [-0.3, -0.25) is 4.90 Å². The van der Waals surface area contributed by atoms with Gasteiger partial charge >= 0.3 is 0 Å². The third-order valence-electron chi connectivity index (χ3n) is 1.79. The summed E-state index contributed by atoms with van der Waals surface area (Å²) < 4.78 is 0. The minimum absolute atomic E-state index is 0.120. The van der Waals surface area contributed by atoms with Crippen LogP contribution < -0.4 is 0 Å². The van der Waals surface area contributed by atoms with Crippen molar-refractivity contribution in [2.45, 2.75) is 33.2 Å². The van der Waals surface area contributed by atoms with Gasteiger partial charge in [0.2, 0.25) is 0 Å². The van der Waals surface area contributed by atoms with Crippen molar-refractivity contribution in [2.75, 3.05) is 13.1 Å². The van der Waals surface area contributed by atoms with Crippen LogP contribution in [-0.2, 0) is 0 Å². The van der Waals surface area contributed by atoms with Gasteiger partial charge in [0.25, 0.3) is 0 Å². The van der Waals surface area contributed by atoms with Crippen LogP contribution in [0.2, 0.25) is 0 Å². The maximum Gasteiger partial charge on any atom is 0.0975 e. The van der Waals surface area contributed by atoms with Gasteiger partial charge in [-0.25, -0.2) is 0 Å². The molecule has 0 rings (SSSR count). The topological polar surface area (TPSA) is 27.0 Å². The van der Waals surface area contributed by atoms with Crippen LogP contribution in [0.3, 0.4) is 0 Å². The molecule has 0 N–H and O–H groups in total. The molecule has 0 fully saturated rings. The highest BCUT2D eigenvalue weighted by molar-refractivity contribution is 4.89. The molecule has 0 aromatic rings. The maximum atomic E-state index is 8.67. The van der Waals surface area contributed by atoms with Crippen molar-refractivity contribution in [3.63, 3.8) is 0 Å². The Hall–Kier alpha value is -0.550. The lowest BCUT2D eigenvalue weighted by Gasteiger charge is -2.22. The summed E-state index contributed by atoms with van der Waals surface area (Å²) in [5.41, 5.74) is 0. The highest BCUT2D eigenvalue weighted by Crippen LogP contribution is 2.00. The summed E-state index contributed by atoms with van der Waals surface area (Å²) in [6.45, 7) is 8.17. The molecule has 58 valence electrons. The molecule has 0 spiro atoms. The third-order valence-corrected chi connectivity index (χ3v) is 1.79. The van der Waals surface area contributed by atoms with Gasteiger partial charge in [-0.2, -0.15) is 5.26 Å². The number of hydrogen-bond donors (Lipinski definition) is 0. The van der Waals surface area contributed by atoms with E-state index in [1.165, 1.54) is 0 Å². The van der Waals surface area contributed by atoms with Gasteiger partial charge in [0.1, 0.15) is 0 Å². The van der Waals surface area contributed by atoms with E-state index >= 15 is 0 Å². The lowest BCUT2D eigenvalue weighted by atomic mass is 10.2. The van der Waals surface area contributed by atoms with Gasteiger partial charge in [-0.05, 0) is 19.5 Å². The predicted octanol–water partition coefficient (Wildman–Crippen LogP) is 1.63. The second-order valence-electron chi connectivity index (χ2n) is 2.27. The monoisotopic (exact) mass is 140 g/mol. The van der Waals surface area contributed by atoms with Crippen LogP contribution in [0.15, 0.2) is 0 Å². The van der Waals surface area contributed by atoms with E-state index in [1.54, 1.807) is 0 Å².